The molecular formula is C25H22N8O2. The molecule has 1 N–H and O–H groups in total. The first kappa shape index (κ1) is 21.0. The molecule has 1 aromatic carbocycles. The van der Waals surface area contributed by atoms with Crippen molar-refractivity contribution in [3.8, 4) is 34.1 Å². The first-order valence-corrected chi connectivity index (χ1v) is 11.3. The Kier molecular flexibility index (Phi) is 5.38. The Hall–Kier alpha value is -4.60. The van der Waals surface area contributed by atoms with Crippen LogP contribution in [0.3, 0.4) is 0 Å². The number of pyridine rings is 1. The van der Waals surface area contributed by atoms with Gasteiger partial charge in [-0.25, -0.2) is 19.5 Å². The third-order valence-corrected chi connectivity index (χ3v) is 5.72. The Labute approximate surface area is 201 Å². The maximum Gasteiger partial charge on any atom is 0.252 e. The largest absolute Gasteiger partial charge is 0.490 e. The van der Waals surface area contributed by atoms with Gasteiger partial charge in [0.05, 0.1) is 24.6 Å². The molecule has 0 atom stereocenters. The van der Waals surface area contributed by atoms with Crippen molar-refractivity contribution in [1.29, 1.82) is 0 Å². The van der Waals surface area contributed by atoms with Crippen molar-refractivity contribution in [2.45, 2.75) is 19.9 Å². The zero-order valence-corrected chi connectivity index (χ0v) is 19.0. The summed E-state index contributed by atoms with van der Waals surface area (Å²) in [6, 6.07) is 11.6. The molecule has 10 heteroatoms. The van der Waals surface area contributed by atoms with Gasteiger partial charge in [-0.15, -0.1) is 5.10 Å². The van der Waals surface area contributed by atoms with E-state index in [1.54, 1.807) is 29.3 Å². The molecule has 0 fully saturated rings. The molecule has 6 rings (SSSR count). The number of rotatable bonds is 5. The Morgan fingerprint density at radius 1 is 0.971 bits per heavy atom. The fourth-order valence-corrected chi connectivity index (χ4v) is 3.90. The van der Waals surface area contributed by atoms with E-state index in [9.17, 15) is 0 Å². The normalized spacial score (nSPS) is 12.9. The molecular weight excluding hydrogens is 444 g/mol. The summed E-state index contributed by atoms with van der Waals surface area (Å²) in [7, 11) is 0. The number of nitrogens with zero attached hydrogens (tertiary/aromatic N) is 7. The van der Waals surface area contributed by atoms with Gasteiger partial charge >= 0.3 is 0 Å². The van der Waals surface area contributed by atoms with Gasteiger partial charge in [-0.2, -0.15) is 4.98 Å². The molecule has 0 aliphatic carbocycles. The van der Waals surface area contributed by atoms with Crippen LogP contribution in [0.25, 0.3) is 28.4 Å². The van der Waals surface area contributed by atoms with E-state index >= 15 is 0 Å². The van der Waals surface area contributed by atoms with Crippen molar-refractivity contribution in [3.63, 3.8) is 0 Å². The van der Waals surface area contributed by atoms with Crippen molar-refractivity contribution < 1.29 is 9.47 Å². The van der Waals surface area contributed by atoms with Gasteiger partial charge < -0.3 is 14.8 Å². The predicted octanol–water partition coefficient (Wildman–Crippen LogP) is 3.73. The zero-order valence-electron chi connectivity index (χ0n) is 19.0. The number of benzene rings is 1. The number of aryl methyl sites for hydroxylation is 1. The second kappa shape index (κ2) is 8.98. The van der Waals surface area contributed by atoms with Gasteiger partial charge in [0.1, 0.15) is 0 Å². The van der Waals surface area contributed by atoms with Gasteiger partial charge in [0.15, 0.2) is 17.3 Å². The summed E-state index contributed by atoms with van der Waals surface area (Å²) in [6.45, 7) is 3.85. The van der Waals surface area contributed by atoms with E-state index < -0.39 is 0 Å². The molecule has 0 radical (unpaired) electrons. The predicted molar refractivity (Wildman–Crippen MR) is 129 cm³/mol. The van der Waals surface area contributed by atoms with Gasteiger partial charge in [0.2, 0.25) is 5.95 Å². The summed E-state index contributed by atoms with van der Waals surface area (Å²) >= 11 is 0. The van der Waals surface area contributed by atoms with E-state index in [-0.39, 0.29) is 0 Å². The molecule has 4 aromatic heterocycles. The van der Waals surface area contributed by atoms with E-state index in [1.165, 1.54) is 0 Å². The molecule has 1 aliphatic rings. The smallest absolute Gasteiger partial charge is 0.252 e. The summed E-state index contributed by atoms with van der Waals surface area (Å²) in [6.07, 6.45) is 7.82. The molecule has 5 aromatic rings. The Balaban J connectivity index is 1.24. The third-order valence-electron chi connectivity index (χ3n) is 5.72. The van der Waals surface area contributed by atoms with Gasteiger partial charge in [0, 0.05) is 48.9 Å². The first-order chi connectivity index (χ1) is 17.2. The highest BCUT2D eigenvalue weighted by atomic mass is 16.5. The molecule has 35 heavy (non-hydrogen) atoms. The fraction of sp³-hybridized carbons (Fsp3) is 0.200. The number of hydrogen-bond donors (Lipinski definition) is 1. The molecule has 0 spiro atoms. The zero-order chi connectivity index (χ0) is 23.6. The molecule has 0 unspecified atom stereocenters. The number of anilines is 1. The van der Waals surface area contributed by atoms with E-state index in [4.69, 9.17) is 14.5 Å². The molecule has 10 nitrogen and oxygen atoms in total. The standard InChI is InChI=1S/C25H22N8O2/c1-16-19(15-29-25-31-23(32-33(16)25)18-4-2-8-26-14-18)20-7-9-27-24(30-20)28-13-17-5-6-21-22(12-17)35-11-3-10-34-21/h2,4-9,12,14-15H,3,10-11,13H2,1H3,(H,27,28,30). The lowest BCUT2D eigenvalue weighted by Gasteiger charge is -2.11. The van der Waals surface area contributed by atoms with E-state index in [0.29, 0.717) is 37.3 Å². The van der Waals surface area contributed by atoms with Crippen LogP contribution in [-0.2, 0) is 6.54 Å². The quantitative estimate of drug-likeness (QED) is 0.414. The molecule has 1 aliphatic heterocycles. The Bertz CT molecular complexity index is 1500. The highest BCUT2D eigenvalue weighted by Crippen LogP contribution is 2.30. The van der Waals surface area contributed by atoms with Crippen LogP contribution in [0, 0.1) is 6.92 Å². The fourth-order valence-electron chi connectivity index (χ4n) is 3.90. The Morgan fingerprint density at radius 3 is 2.77 bits per heavy atom. The summed E-state index contributed by atoms with van der Waals surface area (Å²) in [4.78, 5) is 22.3. The summed E-state index contributed by atoms with van der Waals surface area (Å²) in [5.41, 5.74) is 4.35. The molecule has 0 amide bonds. The SMILES string of the molecule is Cc1c(-c2ccnc(NCc3ccc4c(c3)OCCCO4)n2)cnc2nc(-c3cccnc3)nn12. The van der Waals surface area contributed by atoms with Crippen LogP contribution >= 0.6 is 0 Å². The number of ether oxygens (including phenoxy) is 2. The summed E-state index contributed by atoms with van der Waals surface area (Å²) < 4.78 is 13.2. The van der Waals surface area contributed by atoms with Crippen LogP contribution in [0.2, 0.25) is 0 Å². The van der Waals surface area contributed by atoms with Gasteiger partial charge in [-0.05, 0) is 42.8 Å². The minimum Gasteiger partial charge on any atom is -0.490 e. The number of aromatic nitrogens is 7. The maximum absolute atomic E-state index is 5.79. The van der Waals surface area contributed by atoms with Gasteiger partial charge in [-0.3, -0.25) is 4.98 Å². The molecule has 174 valence electrons. The van der Waals surface area contributed by atoms with Crippen LogP contribution in [0.5, 0.6) is 11.5 Å². The topological polar surface area (TPSA) is 112 Å². The average Bonchev–Trinajstić information content (AvgIpc) is 3.21. The van der Waals surface area contributed by atoms with Crippen LogP contribution < -0.4 is 14.8 Å². The van der Waals surface area contributed by atoms with E-state index in [0.717, 1.165) is 46.0 Å². The maximum atomic E-state index is 5.79. The van der Waals surface area contributed by atoms with Crippen molar-refractivity contribution in [1.82, 2.24) is 34.5 Å². The van der Waals surface area contributed by atoms with Gasteiger partial charge in [-0.1, -0.05) is 6.07 Å². The van der Waals surface area contributed by atoms with Crippen LogP contribution in [0.1, 0.15) is 17.7 Å². The van der Waals surface area contributed by atoms with Crippen molar-refractivity contribution in [3.05, 3.63) is 72.4 Å². The second-order valence-corrected chi connectivity index (χ2v) is 8.10. The minimum absolute atomic E-state index is 0.517. The van der Waals surface area contributed by atoms with E-state index in [1.807, 2.05) is 43.3 Å². The lowest BCUT2D eigenvalue weighted by molar-refractivity contribution is 0.297. The lowest BCUT2D eigenvalue weighted by Crippen LogP contribution is -2.05. The Morgan fingerprint density at radius 2 is 1.89 bits per heavy atom. The summed E-state index contributed by atoms with van der Waals surface area (Å²) in [5.74, 6) is 3.16. The monoisotopic (exact) mass is 466 g/mol. The second-order valence-electron chi connectivity index (χ2n) is 8.10. The molecule has 0 saturated carbocycles. The van der Waals surface area contributed by atoms with Crippen LogP contribution in [-0.4, -0.2) is 47.7 Å². The molecule has 0 saturated heterocycles. The average molecular weight is 467 g/mol. The highest BCUT2D eigenvalue weighted by molar-refractivity contribution is 5.64. The van der Waals surface area contributed by atoms with Crippen molar-refractivity contribution in [2.75, 3.05) is 18.5 Å². The molecule has 0 bridgehead atoms. The van der Waals surface area contributed by atoms with Crippen molar-refractivity contribution in [2.24, 2.45) is 0 Å². The minimum atomic E-state index is 0.517. The number of fused-ring (bicyclic) bond motifs is 2. The van der Waals surface area contributed by atoms with Crippen molar-refractivity contribution >= 4 is 11.7 Å². The summed E-state index contributed by atoms with van der Waals surface area (Å²) in [5, 5.41) is 7.93. The molecule has 5 heterocycles. The number of hydrogen-bond acceptors (Lipinski definition) is 9. The highest BCUT2D eigenvalue weighted by Gasteiger charge is 2.15. The number of nitrogens with one attached hydrogen (secondary N) is 1. The van der Waals surface area contributed by atoms with E-state index in [2.05, 4.69) is 30.4 Å². The lowest BCUT2D eigenvalue weighted by atomic mass is 10.2. The van der Waals surface area contributed by atoms with Gasteiger partial charge in [0.25, 0.3) is 5.78 Å². The van der Waals surface area contributed by atoms with Crippen LogP contribution in [0.15, 0.2) is 61.2 Å². The third kappa shape index (κ3) is 4.21. The first-order valence-electron chi connectivity index (χ1n) is 11.3. The van der Waals surface area contributed by atoms with Crippen LogP contribution in [0.4, 0.5) is 5.95 Å².